The number of hydrogen-bond acceptors (Lipinski definition) is 4. The van der Waals surface area contributed by atoms with Gasteiger partial charge in [-0.05, 0) is 37.3 Å². The van der Waals surface area contributed by atoms with E-state index in [2.05, 4.69) is 5.32 Å². The van der Waals surface area contributed by atoms with Gasteiger partial charge in [-0.3, -0.25) is 4.79 Å². The van der Waals surface area contributed by atoms with Gasteiger partial charge in [0.15, 0.2) is 0 Å². The van der Waals surface area contributed by atoms with Crippen molar-refractivity contribution in [1.82, 2.24) is 4.31 Å². The molecule has 0 saturated carbocycles. The number of halogens is 2. The molecule has 0 aromatic heterocycles. The minimum Gasteiger partial charge on any atom is -0.492 e. The van der Waals surface area contributed by atoms with E-state index in [0.29, 0.717) is 19.7 Å². The Labute approximate surface area is 169 Å². The van der Waals surface area contributed by atoms with Crippen LogP contribution in [0.5, 0.6) is 5.75 Å². The molecule has 0 atom stereocenters. The molecule has 9 heteroatoms. The Morgan fingerprint density at radius 1 is 1.18 bits per heavy atom. The fourth-order valence-electron chi connectivity index (χ4n) is 2.66. The Kier molecular flexibility index (Phi) is 7.40. The molecule has 1 N–H and O–H groups in total. The molecule has 28 heavy (non-hydrogen) atoms. The number of ether oxygens (including phenoxy) is 1. The van der Waals surface area contributed by atoms with Crippen LogP contribution in [0.15, 0.2) is 41.3 Å². The summed E-state index contributed by atoms with van der Waals surface area (Å²) in [6, 6.07) is 8.06. The van der Waals surface area contributed by atoms with Gasteiger partial charge in [0.2, 0.25) is 10.0 Å². The Bertz CT molecular complexity index is 942. The molecule has 0 radical (unpaired) electrons. The molecule has 0 aliphatic heterocycles. The highest BCUT2D eigenvalue weighted by molar-refractivity contribution is 7.89. The molecule has 0 aliphatic carbocycles. The number of anilines is 1. The summed E-state index contributed by atoms with van der Waals surface area (Å²) in [5.74, 6) is -1.32. The first-order chi connectivity index (χ1) is 13.3. The number of nitrogens with one attached hydrogen (secondary N) is 1. The van der Waals surface area contributed by atoms with Gasteiger partial charge in [-0.2, -0.15) is 4.31 Å². The normalized spacial score (nSPS) is 11.5. The third-order valence-electron chi connectivity index (χ3n) is 4.03. The lowest BCUT2D eigenvalue weighted by atomic mass is 10.2. The maximum Gasteiger partial charge on any atom is 0.260 e. The van der Waals surface area contributed by atoms with Gasteiger partial charge in [0.1, 0.15) is 11.6 Å². The average molecular weight is 429 g/mol. The van der Waals surface area contributed by atoms with Crippen LogP contribution in [-0.2, 0) is 10.0 Å². The van der Waals surface area contributed by atoms with Gasteiger partial charge < -0.3 is 10.1 Å². The first-order valence-corrected chi connectivity index (χ1v) is 10.6. The van der Waals surface area contributed by atoms with Crippen LogP contribution in [-0.4, -0.2) is 38.3 Å². The molecule has 0 fully saturated rings. The molecule has 2 rings (SSSR count). The van der Waals surface area contributed by atoms with Gasteiger partial charge in [0.05, 0.1) is 27.8 Å². The SMILES string of the molecule is CCOc1ccc(S(=O)(=O)N(CC)CC)cc1NC(=O)c1c(F)cccc1Cl. The van der Waals surface area contributed by atoms with Crippen LogP contribution in [0.1, 0.15) is 31.1 Å². The Morgan fingerprint density at radius 3 is 2.43 bits per heavy atom. The number of amides is 1. The van der Waals surface area contributed by atoms with Gasteiger partial charge >= 0.3 is 0 Å². The van der Waals surface area contributed by atoms with E-state index in [1.165, 1.54) is 34.6 Å². The number of benzene rings is 2. The quantitative estimate of drug-likeness (QED) is 0.685. The standard InChI is InChI=1S/C19H22ClFN2O4S/c1-4-23(5-2)28(25,26)13-10-11-17(27-6-3)16(12-13)22-19(24)18-14(20)8-7-9-15(18)21/h7-12H,4-6H2,1-3H3,(H,22,24). The van der Waals surface area contributed by atoms with Gasteiger partial charge in [-0.25, -0.2) is 12.8 Å². The number of carbonyl (C=O) groups excluding carboxylic acids is 1. The van der Waals surface area contributed by atoms with Crippen LogP contribution in [0.3, 0.4) is 0 Å². The van der Waals surface area contributed by atoms with E-state index in [0.717, 1.165) is 6.07 Å². The van der Waals surface area contributed by atoms with Crippen LogP contribution in [0.2, 0.25) is 5.02 Å². The van der Waals surface area contributed by atoms with E-state index >= 15 is 0 Å². The number of rotatable bonds is 8. The molecule has 0 spiro atoms. The lowest BCUT2D eigenvalue weighted by Gasteiger charge is -2.20. The summed E-state index contributed by atoms with van der Waals surface area (Å²) in [5.41, 5.74) is -0.219. The summed E-state index contributed by atoms with van der Waals surface area (Å²) >= 11 is 5.94. The van der Waals surface area contributed by atoms with Crippen molar-refractivity contribution in [3.8, 4) is 5.75 Å². The van der Waals surface area contributed by atoms with Crippen molar-refractivity contribution in [3.63, 3.8) is 0 Å². The summed E-state index contributed by atoms with van der Waals surface area (Å²) in [5, 5.41) is 2.46. The van der Waals surface area contributed by atoms with Gasteiger partial charge in [-0.15, -0.1) is 0 Å². The fourth-order valence-corrected chi connectivity index (χ4v) is 4.39. The van der Waals surface area contributed by atoms with Gasteiger partial charge in [0, 0.05) is 13.1 Å². The van der Waals surface area contributed by atoms with Gasteiger partial charge in [-0.1, -0.05) is 31.5 Å². The largest absolute Gasteiger partial charge is 0.492 e. The first kappa shape index (κ1) is 22.1. The number of carbonyl (C=O) groups is 1. The van der Waals surface area contributed by atoms with Crippen molar-refractivity contribution in [2.45, 2.75) is 25.7 Å². The van der Waals surface area contributed by atoms with E-state index in [4.69, 9.17) is 16.3 Å². The summed E-state index contributed by atoms with van der Waals surface area (Å²) in [6.07, 6.45) is 0. The molecule has 0 heterocycles. The zero-order chi connectivity index (χ0) is 20.9. The molecular formula is C19H22ClFN2O4S. The highest BCUT2D eigenvalue weighted by Crippen LogP contribution is 2.30. The van der Waals surface area contributed by atoms with Crippen molar-refractivity contribution in [2.24, 2.45) is 0 Å². The van der Waals surface area contributed by atoms with Crippen LogP contribution in [0.25, 0.3) is 0 Å². The molecule has 2 aromatic rings. The zero-order valence-corrected chi connectivity index (χ0v) is 17.4. The van der Waals surface area contributed by atoms with Crippen molar-refractivity contribution in [3.05, 3.63) is 52.8 Å². The Morgan fingerprint density at radius 2 is 1.86 bits per heavy atom. The van der Waals surface area contributed by atoms with Crippen LogP contribution >= 0.6 is 11.6 Å². The van der Waals surface area contributed by atoms with Crippen molar-refractivity contribution in [1.29, 1.82) is 0 Å². The minimum atomic E-state index is -3.75. The Balaban J connectivity index is 2.48. The average Bonchev–Trinajstić information content (AvgIpc) is 2.64. The number of nitrogens with zero attached hydrogens (tertiary/aromatic N) is 1. The highest BCUT2D eigenvalue weighted by atomic mass is 35.5. The molecule has 1 amide bonds. The lowest BCUT2D eigenvalue weighted by molar-refractivity contribution is 0.102. The van der Waals surface area contributed by atoms with E-state index in [1.54, 1.807) is 20.8 Å². The second-order valence-corrected chi connectivity index (χ2v) is 8.08. The van der Waals surface area contributed by atoms with E-state index < -0.39 is 21.7 Å². The fraction of sp³-hybridized carbons (Fsp3) is 0.316. The second kappa shape index (κ2) is 9.36. The van der Waals surface area contributed by atoms with Crippen LogP contribution in [0.4, 0.5) is 10.1 Å². The van der Waals surface area contributed by atoms with Crippen LogP contribution in [0, 0.1) is 5.82 Å². The molecular weight excluding hydrogens is 407 g/mol. The van der Waals surface area contributed by atoms with E-state index in [1.807, 2.05) is 0 Å². The summed E-state index contributed by atoms with van der Waals surface area (Å²) in [7, 11) is -3.75. The molecule has 0 unspecified atom stereocenters. The summed E-state index contributed by atoms with van der Waals surface area (Å²) in [4.78, 5) is 12.6. The predicted octanol–water partition coefficient (Wildman–Crippen LogP) is 4.16. The monoisotopic (exact) mass is 428 g/mol. The summed E-state index contributed by atoms with van der Waals surface area (Å²) in [6.45, 7) is 6.12. The minimum absolute atomic E-state index is 0.00502. The smallest absolute Gasteiger partial charge is 0.260 e. The molecule has 0 aliphatic rings. The first-order valence-electron chi connectivity index (χ1n) is 8.78. The van der Waals surface area contributed by atoms with E-state index in [-0.39, 0.29) is 26.9 Å². The summed E-state index contributed by atoms with van der Waals surface area (Å²) < 4.78 is 46.3. The number of sulfonamides is 1. The lowest BCUT2D eigenvalue weighted by Crippen LogP contribution is -2.30. The van der Waals surface area contributed by atoms with E-state index in [9.17, 15) is 17.6 Å². The van der Waals surface area contributed by atoms with Crippen molar-refractivity contribution >= 4 is 33.2 Å². The molecule has 152 valence electrons. The predicted molar refractivity (Wildman–Crippen MR) is 107 cm³/mol. The second-order valence-electron chi connectivity index (χ2n) is 5.73. The maximum atomic E-state index is 14.0. The van der Waals surface area contributed by atoms with Crippen LogP contribution < -0.4 is 10.1 Å². The third kappa shape index (κ3) is 4.63. The third-order valence-corrected chi connectivity index (χ3v) is 6.39. The van der Waals surface area contributed by atoms with Crippen molar-refractivity contribution < 1.29 is 22.3 Å². The molecule has 2 aromatic carbocycles. The molecule has 6 nitrogen and oxygen atoms in total. The molecule has 0 saturated heterocycles. The zero-order valence-electron chi connectivity index (χ0n) is 15.8. The Hall–Kier alpha value is -2.16. The van der Waals surface area contributed by atoms with Crippen molar-refractivity contribution in [2.75, 3.05) is 25.0 Å². The molecule has 0 bridgehead atoms. The maximum absolute atomic E-state index is 14.0. The highest BCUT2D eigenvalue weighted by Gasteiger charge is 2.24. The van der Waals surface area contributed by atoms with Gasteiger partial charge in [0.25, 0.3) is 5.91 Å². The topological polar surface area (TPSA) is 75.7 Å². The number of hydrogen-bond donors (Lipinski definition) is 1.